The van der Waals surface area contributed by atoms with E-state index in [0.29, 0.717) is 18.4 Å². The van der Waals surface area contributed by atoms with E-state index in [9.17, 15) is 38.4 Å². The SMILES string of the molecule is CCC[C@H](NC(=O)[C@H]1CNC[C@@H]1NC(=O)[C@H](CC1CCCCC1)NC(=O)[C@@H](NC(=O)c1cnccn1)C1CCCCC1)C(=O)C(=O)NCC(=O)N[C@H](C(=O)N(C)C)c1ccccc1. The summed E-state index contributed by atoms with van der Waals surface area (Å²) in [5, 5.41) is 19.7. The van der Waals surface area contributed by atoms with Gasteiger partial charge in [-0.2, -0.15) is 0 Å². The van der Waals surface area contributed by atoms with E-state index in [0.717, 1.165) is 64.2 Å². The zero-order valence-corrected chi connectivity index (χ0v) is 36.7. The van der Waals surface area contributed by atoms with Crippen molar-refractivity contribution in [2.75, 3.05) is 33.7 Å². The number of benzene rings is 1. The van der Waals surface area contributed by atoms with Gasteiger partial charge in [-0.1, -0.05) is 95.0 Å². The summed E-state index contributed by atoms with van der Waals surface area (Å²) in [7, 11) is 3.11. The summed E-state index contributed by atoms with van der Waals surface area (Å²) >= 11 is 0. The number of carbonyl (C=O) groups excluding carboxylic acids is 8. The van der Waals surface area contributed by atoms with Crippen molar-refractivity contribution < 1.29 is 38.4 Å². The van der Waals surface area contributed by atoms with Crippen LogP contribution in [0.4, 0.5) is 0 Å². The Bertz CT molecular complexity index is 1890. The number of hydrogen-bond donors (Lipinski definition) is 7. The lowest BCUT2D eigenvalue weighted by atomic mass is 9.82. The molecule has 63 heavy (non-hydrogen) atoms. The quantitative estimate of drug-likeness (QED) is 0.0933. The highest BCUT2D eigenvalue weighted by Crippen LogP contribution is 2.29. The number of hydrogen-bond acceptors (Lipinski definition) is 11. The normalized spacial score (nSPS) is 19.9. The predicted molar refractivity (Wildman–Crippen MR) is 232 cm³/mol. The van der Waals surface area contributed by atoms with Gasteiger partial charge in [0.2, 0.25) is 35.3 Å². The molecule has 0 bridgehead atoms. The molecule has 7 amide bonds. The molecule has 2 saturated carbocycles. The highest BCUT2D eigenvalue weighted by atomic mass is 16.2. The van der Waals surface area contributed by atoms with Gasteiger partial charge < -0.3 is 42.1 Å². The van der Waals surface area contributed by atoms with Crippen LogP contribution in [0, 0.1) is 17.8 Å². The van der Waals surface area contributed by atoms with E-state index < -0.39 is 83.9 Å². The first-order chi connectivity index (χ1) is 30.4. The largest absolute Gasteiger partial charge is 0.349 e. The Morgan fingerprint density at radius 2 is 1.49 bits per heavy atom. The maximum absolute atomic E-state index is 14.2. The number of aromatic nitrogens is 2. The first-order valence-electron chi connectivity index (χ1n) is 22.4. The third kappa shape index (κ3) is 14.1. The van der Waals surface area contributed by atoms with Crippen LogP contribution in [0.3, 0.4) is 0 Å². The number of ketones is 1. The molecule has 2 heterocycles. The first kappa shape index (κ1) is 48.3. The van der Waals surface area contributed by atoms with Crippen LogP contribution < -0.4 is 37.2 Å². The van der Waals surface area contributed by atoms with Gasteiger partial charge in [0.25, 0.3) is 11.8 Å². The number of amides is 7. The summed E-state index contributed by atoms with van der Waals surface area (Å²) in [6.07, 6.45) is 14.5. The molecule has 1 aliphatic heterocycles. The average Bonchev–Trinajstić information content (AvgIpc) is 3.77. The van der Waals surface area contributed by atoms with Crippen molar-refractivity contribution in [2.24, 2.45) is 17.8 Å². The van der Waals surface area contributed by atoms with Gasteiger partial charge in [0.05, 0.1) is 30.7 Å². The fourth-order valence-electron chi connectivity index (χ4n) is 8.78. The molecule has 342 valence electrons. The summed E-state index contributed by atoms with van der Waals surface area (Å²) in [6, 6.07) is 3.86. The monoisotopic (exact) mass is 872 g/mol. The van der Waals surface area contributed by atoms with Crippen molar-refractivity contribution in [3.63, 3.8) is 0 Å². The summed E-state index contributed by atoms with van der Waals surface area (Å²) in [4.78, 5) is 117. The van der Waals surface area contributed by atoms with Gasteiger partial charge in [-0.25, -0.2) is 4.98 Å². The molecule has 1 saturated heterocycles. The Kier molecular flexibility index (Phi) is 18.5. The molecule has 0 radical (unpaired) electrons. The van der Waals surface area contributed by atoms with Gasteiger partial charge in [-0.15, -0.1) is 0 Å². The van der Waals surface area contributed by atoms with Crippen LogP contribution in [0.25, 0.3) is 0 Å². The van der Waals surface area contributed by atoms with Gasteiger partial charge in [0.1, 0.15) is 23.8 Å². The fourth-order valence-corrected chi connectivity index (χ4v) is 8.78. The second-order valence-electron chi connectivity index (χ2n) is 17.2. The fraction of sp³-hybridized carbons (Fsp3) is 0.600. The maximum Gasteiger partial charge on any atom is 0.290 e. The van der Waals surface area contributed by atoms with Crippen molar-refractivity contribution in [3.8, 4) is 0 Å². The second kappa shape index (κ2) is 24.2. The molecular weight excluding hydrogens is 809 g/mol. The minimum absolute atomic E-state index is 0.0821. The molecule has 18 heteroatoms. The standard InChI is InChI=1S/C45H64N10O8/c1-4-14-32(39(57)44(62)49-27-36(56)53-38(45(63)55(2)3)30-19-12-7-13-20-30)50-40(58)31-24-47-25-34(31)52-41(59)33(23-28-15-8-5-9-16-28)51-43(61)37(29-17-10-6-11-18-29)54-42(60)35-26-46-21-22-48-35/h7,12-13,19-22,26,28-29,31-34,37-38,47H,4-6,8-11,14-18,23-25,27H2,1-3H3,(H,49,62)(H,50,58)(H,51,61)(H,52,59)(H,53,56)(H,54,60)/t31-,32-,33-,34-,37-,38-/m0/s1. The van der Waals surface area contributed by atoms with E-state index in [-0.39, 0.29) is 42.9 Å². The first-order valence-corrected chi connectivity index (χ1v) is 22.4. The third-order valence-corrected chi connectivity index (χ3v) is 12.3. The van der Waals surface area contributed by atoms with Crippen molar-refractivity contribution in [3.05, 3.63) is 60.2 Å². The van der Waals surface area contributed by atoms with Crippen LogP contribution in [0.1, 0.15) is 112 Å². The van der Waals surface area contributed by atoms with Crippen molar-refractivity contribution in [2.45, 2.75) is 121 Å². The summed E-state index contributed by atoms with van der Waals surface area (Å²) in [6.45, 7) is 1.64. The number of likely N-dealkylation sites (N-methyl/N-ethyl adjacent to an activating group) is 1. The molecule has 3 aliphatic rings. The Balaban J connectivity index is 1.22. The molecule has 2 aromatic rings. The van der Waals surface area contributed by atoms with Crippen LogP contribution >= 0.6 is 0 Å². The molecule has 5 rings (SSSR count). The van der Waals surface area contributed by atoms with Crippen LogP contribution in [0.5, 0.6) is 0 Å². The molecule has 3 fully saturated rings. The van der Waals surface area contributed by atoms with E-state index in [1.165, 1.54) is 23.5 Å². The van der Waals surface area contributed by atoms with Gasteiger partial charge in [0.15, 0.2) is 0 Å². The van der Waals surface area contributed by atoms with Gasteiger partial charge in [0, 0.05) is 39.6 Å². The summed E-state index contributed by atoms with van der Waals surface area (Å²) in [5.41, 5.74) is 0.626. The van der Waals surface area contributed by atoms with E-state index in [2.05, 4.69) is 47.2 Å². The number of nitrogens with one attached hydrogen (secondary N) is 7. The Morgan fingerprint density at radius 3 is 2.14 bits per heavy atom. The van der Waals surface area contributed by atoms with Crippen LogP contribution in [0.2, 0.25) is 0 Å². The minimum atomic E-state index is -1.21. The van der Waals surface area contributed by atoms with E-state index in [1.807, 2.05) is 0 Å². The Morgan fingerprint density at radius 1 is 0.794 bits per heavy atom. The molecule has 6 atom stereocenters. The number of rotatable bonds is 20. The molecule has 7 N–H and O–H groups in total. The third-order valence-electron chi connectivity index (χ3n) is 12.3. The zero-order chi connectivity index (χ0) is 45.3. The smallest absolute Gasteiger partial charge is 0.290 e. The molecule has 18 nitrogen and oxygen atoms in total. The number of carbonyl (C=O) groups is 8. The average molecular weight is 873 g/mol. The van der Waals surface area contributed by atoms with Crippen LogP contribution in [-0.2, 0) is 33.6 Å². The van der Waals surface area contributed by atoms with E-state index in [4.69, 9.17) is 0 Å². The topological polar surface area (TPSA) is 250 Å². The maximum atomic E-state index is 14.2. The van der Waals surface area contributed by atoms with Crippen LogP contribution in [0.15, 0.2) is 48.9 Å². The lowest BCUT2D eigenvalue weighted by Gasteiger charge is -2.33. The predicted octanol–water partition coefficient (Wildman–Crippen LogP) is 1.23. The van der Waals surface area contributed by atoms with Crippen LogP contribution in [-0.4, -0.2) is 120 Å². The molecular formula is C45H64N10O8. The lowest BCUT2D eigenvalue weighted by molar-refractivity contribution is -0.141. The summed E-state index contributed by atoms with van der Waals surface area (Å²) in [5.74, 6) is -5.83. The highest BCUT2D eigenvalue weighted by molar-refractivity contribution is 6.38. The van der Waals surface area contributed by atoms with Crippen molar-refractivity contribution >= 4 is 47.1 Å². The lowest BCUT2D eigenvalue weighted by Crippen LogP contribution is -2.59. The number of Topliss-reactive ketones (excluding diaryl/α,β-unsaturated/α-hetero) is 1. The molecule has 0 unspecified atom stereocenters. The van der Waals surface area contributed by atoms with E-state index in [1.54, 1.807) is 51.4 Å². The molecule has 1 aromatic carbocycles. The second-order valence-corrected chi connectivity index (χ2v) is 17.2. The number of nitrogens with zero attached hydrogens (tertiary/aromatic N) is 3. The van der Waals surface area contributed by atoms with Gasteiger partial charge in [-0.05, 0) is 43.1 Å². The van der Waals surface area contributed by atoms with Gasteiger partial charge in [-0.3, -0.25) is 43.3 Å². The summed E-state index contributed by atoms with van der Waals surface area (Å²) < 4.78 is 0. The van der Waals surface area contributed by atoms with Crippen molar-refractivity contribution in [1.29, 1.82) is 0 Å². The molecule has 0 spiro atoms. The van der Waals surface area contributed by atoms with Gasteiger partial charge >= 0.3 is 0 Å². The Labute approximate surface area is 369 Å². The molecule has 1 aromatic heterocycles. The highest BCUT2D eigenvalue weighted by Gasteiger charge is 2.40. The van der Waals surface area contributed by atoms with E-state index >= 15 is 0 Å². The minimum Gasteiger partial charge on any atom is -0.349 e. The Hall–Kier alpha value is -5.78. The van der Waals surface area contributed by atoms with Crippen molar-refractivity contribution in [1.82, 2.24) is 52.1 Å². The zero-order valence-electron chi connectivity index (χ0n) is 36.7. The molecule has 2 aliphatic carbocycles.